The van der Waals surface area contributed by atoms with Gasteiger partial charge in [0.1, 0.15) is 0 Å². The second-order valence-electron chi connectivity index (χ2n) is 3.07. The Morgan fingerprint density at radius 3 is 1.67 bits per heavy atom. The molecule has 0 atom stereocenters. The smallest absolute Gasteiger partial charge is 0.0221 e. The molecular weight excluding hydrogens is 74.1 g/mol. The molecule has 0 radical (unpaired) electrons. The highest BCUT2D eigenvalue weighted by molar-refractivity contribution is 5.34. The molecule has 2 aliphatic rings. The van der Waals surface area contributed by atoms with Crippen molar-refractivity contribution in [2.45, 2.75) is 25.3 Å². The van der Waals surface area contributed by atoms with Crippen molar-refractivity contribution in [2.24, 2.45) is 11.1 Å². The van der Waals surface area contributed by atoms with Crippen LogP contribution in [0.2, 0.25) is 0 Å². The lowest BCUT2D eigenvalue weighted by Crippen LogP contribution is -2.07. The zero-order chi connectivity index (χ0) is 4.41. The van der Waals surface area contributed by atoms with E-state index in [0.29, 0.717) is 11.0 Å². The van der Waals surface area contributed by atoms with E-state index in [2.05, 4.69) is 6.92 Å². The summed E-state index contributed by atoms with van der Waals surface area (Å²) in [5.41, 5.74) is 6.66. The summed E-state index contributed by atoms with van der Waals surface area (Å²) in [6.45, 7) is 2.26. The third-order valence-electron chi connectivity index (χ3n) is 2.36. The highest BCUT2D eigenvalue weighted by Crippen LogP contribution is 2.76. The molecule has 2 aliphatic carbocycles. The van der Waals surface area contributed by atoms with Crippen LogP contribution in [-0.2, 0) is 0 Å². The first-order valence-corrected chi connectivity index (χ1v) is 2.45. The first-order valence-electron chi connectivity index (χ1n) is 2.45. The van der Waals surface area contributed by atoms with Gasteiger partial charge in [0.2, 0.25) is 0 Å². The first kappa shape index (κ1) is 3.03. The minimum absolute atomic E-state index is 0.354. The van der Waals surface area contributed by atoms with Crippen LogP contribution in [0, 0.1) is 5.41 Å². The molecule has 0 heterocycles. The van der Waals surface area contributed by atoms with Gasteiger partial charge in [-0.15, -0.1) is 0 Å². The molecule has 0 saturated heterocycles. The van der Waals surface area contributed by atoms with Crippen molar-refractivity contribution in [2.75, 3.05) is 0 Å². The lowest BCUT2D eigenvalue weighted by molar-refractivity contribution is 0.711. The Kier molecular flexibility index (Phi) is 0.201. The molecule has 2 rings (SSSR count). The zero-order valence-electron chi connectivity index (χ0n) is 3.99. The van der Waals surface area contributed by atoms with Gasteiger partial charge in [-0.1, -0.05) is 6.92 Å². The van der Waals surface area contributed by atoms with Gasteiger partial charge in [-0.05, 0) is 18.3 Å². The molecule has 6 heavy (non-hydrogen) atoms. The van der Waals surface area contributed by atoms with E-state index < -0.39 is 0 Å². The van der Waals surface area contributed by atoms with E-state index in [4.69, 9.17) is 5.73 Å². The minimum atomic E-state index is 0.354. The van der Waals surface area contributed by atoms with Gasteiger partial charge in [-0.3, -0.25) is 0 Å². The van der Waals surface area contributed by atoms with Crippen LogP contribution < -0.4 is 5.73 Å². The summed E-state index contributed by atoms with van der Waals surface area (Å²) >= 11 is 0. The number of nitrogens with two attached hydrogens (primary N) is 1. The van der Waals surface area contributed by atoms with Crippen LogP contribution in [0.15, 0.2) is 0 Å². The van der Waals surface area contributed by atoms with Gasteiger partial charge in [0.05, 0.1) is 0 Å². The normalized spacial score (nSPS) is 73.0. The fraction of sp³-hybridized carbons (Fsp3) is 1.00. The lowest BCUT2D eigenvalue weighted by atomic mass is 10.3. The average Bonchev–Trinajstić information content (AvgIpc) is 1.78. The monoisotopic (exact) mass is 83.1 g/mol. The molecule has 0 aromatic carbocycles. The molecular formula is C5H9N. The third-order valence-corrected chi connectivity index (χ3v) is 2.36. The van der Waals surface area contributed by atoms with Gasteiger partial charge in [-0.25, -0.2) is 0 Å². The van der Waals surface area contributed by atoms with Crippen molar-refractivity contribution < 1.29 is 0 Å². The lowest BCUT2D eigenvalue weighted by Gasteiger charge is -1.83. The molecule has 0 unspecified atom stereocenters. The predicted octanol–water partition coefficient (Wildman–Crippen LogP) is 0.498. The first-order chi connectivity index (χ1) is 2.66. The molecule has 0 aliphatic heterocycles. The fourth-order valence-corrected chi connectivity index (χ4v) is 1.25. The van der Waals surface area contributed by atoms with Crippen LogP contribution in [0.5, 0.6) is 0 Å². The van der Waals surface area contributed by atoms with E-state index in [9.17, 15) is 0 Å². The molecule has 0 bridgehead atoms. The van der Waals surface area contributed by atoms with Crippen molar-refractivity contribution in [3.05, 3.63) is 0 Å². The fourth-order valence-electron chi connectivity index (χ4n) is 1.25. The number of fused-ring (bicyclic) bond motifs is 1. The summed E-state index contributed by atoms with van der Waals surface area (Å²) in [6, 6.07) is 0. The quantitative estimate of drug-likeness (QED) is 0.453. The van der Waals surface area contributed by atoms with Crippen molar-refractivity contribution in [3.8, 4) is 0 Å². The molecule has 0 aromatic rings. The summed E-state index contributed by atoms with van der Waals surface area (Å²) in [5.74, 6) is 0. The van der Waals surface area contributed by atoms with Crippen LogP contribution in [-0.4, -0.2) is 5.54 Å². The second kappa shape index (κ2) is 0.399. The van der Waals surface area contributed by atoms with Crippen LogP contribution in [0.25, 0.3) is 0 Å². The molecule has 1 heteroatoms. The van der Waals surface area contributed by atoms with Crippen molar-refractivity contribution >= 4 is 0 Å². The third kappa shape index (κ3) is 0.121. The second-order valence-corrected chi connectivity index (χ2v) is 3.07. The Morgan fingerprint density at radius 1 is 1.50 bits per heavy atom. The van der Waals surface area contributed by atoms with E-state index in [1.54, 1.807) is 0 Å². The Hall–Kier alpha value is -0.0400. The average molecular weight is 83.1 g/mol. The molecule has 2 saturated carbocycles. The summed E-state index contributed by atoms with van der Waals surface area (Å²) in [5, 5.41) is 0. The van der Waals surface area contributed by atoms with Gasteiger partial charge in [-0.2, -0.15) is 0 Å². The molecule has 2 N–H and O–H groups in total. The van der Waals surface area contributed by atoms with Gasteiger partial charge < -0.3 is 5.73 Å². The topological polar surface area (TPSA) is 26.0 Å². The Bertz CT molecular complexity index is 88.5. The van der Waals surface area contributed by atoms with Crippen molar-refractivity contribution in [3.63, 3.8) is 0 Å². The van der Waals surface area contributed by atoms with Gasteiger partial charge in [0.25, 0.3) is 0 Å². The highest BCUT2D eigenvalue weighted by atomic mass is 15.0. The van der Waals surface area contributed by atoms with Gasteiger partial charge >= 0.3 is 0 Å². The van der Waals surface area contributed by atoms with Crippen molar-refractivity contribution in [1.82, 2.24) is 0 Å². The Labute approximate surface area is 37.5 Å². The summed E-state index contributed by atoms with van der Waals surface area (Å²) in [7, 11) is 0. The summed E-state index contributed by atoms with van der Waals surface area (Å²) in [6.07, 6.45) is 2.58. The number of hydrogen-bond donors (Lipinski definition) is 1. The molecule has 0 spiro atoms. The van der Waals surface area contributed by atoms with Crippen molar-refractivity contribution in [1.29, 1.82) is 0 Å². The molecule has 34 valence electrons. The minimum Gasteiger partial charge on any atom is -0.325 e. The standard InChI is InChI=1S/C5H9N/c1-4-2-5(4,6)3-4/h2-3,6H2,1H3. The SMILES string of the molecule is CC12CC1(N)C2. The van der Waals surface area contributed by atoms with Crippen LogP contribution in [0.4, 0.5) is 0 Å². The van der Waals surface area contributed by atoms with E-state index in [1.807, 2.05) is 0 Å². The zero-order valence-corrected chi connectivity index (χ0v) is 3.99. The predicted molar refractivity (Wildman–Crippen MR) is 24.3 cm³/mol. The van der Waals surface area contributed by atoms with Gasteiger partial charge in [0, 0.05) is 5.54 Å². The maximum absolute atomic E-state index is 5.67. The summed E-state index contributed by atoms with van der Waals surface area (Å²) in [4.78, 5) is 0. The highest BCUT2D eigenvalue weighted by Gasteiger charge is 2.77. The van der Waals surface area contributed by atoms with E-state index in [0.717, 1.165) is 0 Å². The largest absolute Gasteiger partial charge is 0.325 e. The maximum atomic E-state index is 5.67. The van der Waals surface area contributed by atoms with Crippen LogP contribution >= 0.6 is 0 Å². The van der Waals surface area contributed by atoms with Gasteiger partial charge in [0.15, 0.2) is 0 Å². The molecule has 1 nitrogen and oxygen atoms in total. The molecule has 0 amide bonds. The van der Waals surface area contributed by atoms with E-state index in [1.165, 1.54) is 12.8 Å². The maximum Gasteiger partial charge on any atom is 0.0221 e. The molecule has 0 aromatic heterocycles. The van der Waals surface area contributed by atoms with E-state index in [-0.39, 0.29) is 0 Å². The summed E-state index contributed by atoms with van der Waals surface area (Å²) < 4.78 is 0. The number of rotatable bonds is 0. The van der Waals surface area contributed by atoms with E-state index >= 15 is 0 Å². The van der Waals surface area contributed by atoms with Crippen LogP contribution in [0.1, 0.15) is 19.8 Å². The number of hydrogen-bond acceptors (Lipinski definition) is 1. The van der Waals surface area contributed by atoms with Crippen LogP contribution in [0.3, 0.4) is 0 Å². The Morgan fingerprint density at radius 2 is 1.67 bits per heavy atom. The molecule has 2 fully saturated rings. The Balaban J connectivity index is 2.34.